The molecule has 1 fully saturated rings. The zero-order valence-electron chi connectivity index (χ0n) is 10.4. The molecule has 1 unspecified atom stereocenters. The zero-order chi connectivity index (χ0) is 12.3. The van der Waals surface area contributed by atoms with Crippen molar-refractivity contribution in [3.8, 4) is 5.75 Å². The van der Waals surface area contributed by atoms with Crippen molar-refractivity contribution in [2.24, 2.45) is 0 Å². The van der Waals surface area contributed by atoms with Crippen molar-refractivity contribution in [3.63, 3.8) is 0 Å². The first-order valence-electron chi connectivity index (χ1n) is 6.22. The second-order valence-corrected chi connectivity index (χ2v) is 4.80. The molecule has 0 radical (unpaired) electrons. The Morgan fingerprint density at radius 2 is 2.29 bits per heavy atom. The number of rotatable bonds is 3. The van der Waals surface area contributed by atoms with Crippen LogP contribution in [-0.4, -0.2) is 18.6 Å². The van der Waals surface area contributed by atoms with E-state index in [0.29, 0.717) is 11.7 Å². The molecule has 0 bridgehead atoms. The highest BCUT2D eigenvalue weighted by Crippen LogP contribution is 2.21. The Hall–Kier alpha value is -1.35. The lowest BCUT2D eigenvalue weighted by atomic mass is 10.0. The highest BCUT2D eigenvalue weighted by Gasteiger charge is 2.23. The number of hydrogen-bond donors (Lipinski definition) is 1. The van der Waals surface area contributed by atoms with Crippen LogP contribution in [0.15, 0.2) is 24.3 Å². The van der Waals surface area contributed by atoms with Crippen molar-refractivity contribution in [1.29, 1.82) is 0 Å². The van der Waals surface area contributed by atoms with Crippen LogP contribution in [-0.2, 0) is 4.79 Å². The van der Waals surface area contributed by atoms with Crippen LogP contribution in [0.3, 0.4) is 0 Å². The van der Waals surface area contributed by atoms with Gasteiger partial charge in [0.25, 0.3) is 0 Å². The number of ether oxygens (including phenoxy) is 1. The molecule has 1 aliphatic heterocycles. The summed E-state index contributed by atoms with van der Waals surface area (Å²) in [5.74, 6) is 0.927. The van der Waals surface area contributed by atoms with Gasteiger partial charge in [-0.05, 0) is 43.0 Å². The van der Waals surface area contributed by atoms with Crippen LogP contribution < -0.4 is 10.1 Å². The fourth-order valence-electron chi connectivity index (χ4n) is 2.01. The number of nitrogens with one attached hydrogen (secondary N) is 1. The molecule has 3 heteroatoms. The van der Waals surface area contributed by atoms with E-state index in [0.717, 1.165) is 19.4 Å². The van der Waals surface area contributed by atoms with Crippen molar-refractivity contribution in [1.82, 2.24) is 5.32 Å². The van der Waals surface area contributed by atoms with Gasteiger partial charge in [-0.15, -0.1) is 0 Å². The quantitative estimate of drug-likeness (QED) is 0.644. The van der Waals surface area contributed by atoms with Crippen LogP contribution in [0.1, 0.15) is 38.2 Å². The SMILES string of the molecule is CC(C)c1cccc(OC(=O)C2CCCN2)c1. The molecule has 2 rings (SSSR count). The second kappa shape index (κ2) is 5.32. The Balaban J connectivity index is 2.02. The topological polar surface area (TPSA) is 38.3 Å². The number of carbonyl (C=O) groups is 1. The van der Waals surface area contributed by atoms with Gasteiger partial charge in [-0.2, -0.15) is 0 Å². The number of carbonyl (C=O) groups excluding carboxylic acids is 1. The highest BCUT2D eigenvalue weighted by atomic mass is 16.5. The smallest absolute Gasteiger partial charge is 0.328 e. The molecule has 1 N–H and O–H groups in total. The minimum absolute atomic E-state index is 0.127. The summed E-state index contributed by atoms with van der Waals surface area (Å²) in [7, 11) is 0. The predicted octanol–water partition coefficient (Wildman–Crippen LogP) is 2.47. The maximum absolute atomic E-state index is 11.8. The molecular formula is C14H19NO2. The summed E-state index contributed by atoms with van der Waals surface area (Å²) >= 11 is 0. The molecule has 1 heterocycles. The Labute approximate surface area is 102 Å². The largest absolute Gasteiger partial charge is 0.425 e. The first-order chi connectivity index (χ1) is 8.16. The monoisotopic (exact) mass is 233 g/mol. The summed E-state index contributed by atoms with van der Waals surface area (Å²) in [6, 6.07) is 7.63. The van der Waals surface area contributed by atoms with Gasteiger partial charge < -0.3 is 10.1 Å². The third-order valence-electron chi connectivity index (χ3n) is 3.09. The Kier molecular flexibility index (Phi) is 3.79. The maximum Gasteiger partial charge on any atom is 0.328 e. The summed E-state index contributed by atoms with van der Waals surface area (Å²) in [6.45, 7) is 5.16. The van der Waals surface area contributed by atoms with E-state index in [1.165, 1.54) is 5.56 Å². The maximum atomic E-state index is 11.8. The molecule has 0 aliphatic carbocycles. The molecule has 0 amide bonds. The Bertz CT molecular complexity index is 395. The van der Waals surface area contributed by atoms with E-state index < -0.39 is 0 Å². The normalized spacial score (nSPS) is 19.6. The van der Waals surface area contributed by atoms with E-state index in [4.69, 9.17) is 4.74 Å². The van der Waals surface area contributed by atoms with Gasteiger partial charge >= 0.3 is 5.97 Å². The van der Waals surface area contributed by atoms with Gasteiger partial charge in [0.05, 0.1) is 0 Å². The minimum Gasteiger partial charge on any atom is -0.425 e. The summed E-state index contributed by atoms with van der Waals surface area (Å²) in [5.41, 5.74) is 1.19. The van der Waals surface area contributed by atoms with Gasteiger partial charge in [-0.25, -0.2) is 4.79 Å². The summed E-state index contributed by atoms with van der Waals surface area (Å²) in [6.07, 6.45) is 1.93. The summed E-state index contributed by atoms with van der Waals surface area (Å²) in [4.78, 5) is 11.8. The molecule has 0 aromatic heterocycles. The van der Waals surface area contributed by atoms with Crippen molar-refractivity contribution in [2.45, 2.75) is 38.6 Å². The van der Waals surface area contributed by atoms with Crippen LogP contribution in [0.2, 0.25) is 0 Å². The molecule has 0 spiro atoms. The van der Waals surface area contributed by atoms with Gasteiger partial charge in [-0.1, -0.05) is 26.0 Å². The lowest BCUT2D eigenvalue weighted by molar-refractivity contribution is -0.136. The summed E-state index contributed by atoms with van der Waals surface area (Å²) in [5, 5.41) is 3.14. The Morgan fingerprint density at radius 3 is 2.94 bits per heavy atom. The molecule has 1 aromatic carbocycles. The predicted molar refractivity (Wildman–Crippen MR) is 67.2 cm³/mol. The van der Waals surface area contributed by atoms with Crippen LogP contribution >= 0.6 is 0 Å². The van der Waals surface area contributed by atoms with Crippen molar-refractivity contribution < 1.29 is 9.53 Å². The van der Waals surface area contributed by atoms with Crippen molar-refractivity contribution in [3.05, 3.63) is 29.8 Å². The van der Waals surface area contributed by atoms with Gasteiger partial charge in [0.1, 0.15) is 11.8 Å². The number of esters is 1. The van der Waals surface area contributed by atoms with E-state index in [-0.39, 0.29) is 12.0 Å². The van der Waals surface area contributed by atoms with Gasteiger partial charge in [-0.3, -0.25) is 0 Å². The Morgan fingerprint density at radius 1 is 1.47 bits per heavy atom. The molecule has 17 heavy (non-hydrogen) atoms. The lowest BCUT2D eigenvalue weighted by Crippen LogP contribution is -2.34. The molecule has 1 saturated heterocycles. The van der Waals surface area contributed by atoms with Crippen LogP contribution in [0.25, 0.3) is 0 Å². The van der Waals surface area contributed by atoms with E-state index in [9.17, 15) is 4.79 Å². The van der Waals surface area contributed by atoms with Crippen LogP contribution in [0.5, 0.6) is 5.75 Å². The third-order valence-corrected chi connectivity index (χ3v) is 3.09. The van der Waals surface area contributed by atoms with Crippen molar-refractivity contribution >= 4 is 5.97 Å². The molecule has 3 nitrogen and oxygen atoms in total. The number of hydrogen-bond acceptors (Lipinski definition) is 3. The number of benzene rings is 1. The van der Waals surface area contributed by atoms with Gasteiger partial charge in [0.15, 0.2) is 0 Å². The van der Waals surface area contributed by atoms with Crippen LogP contribution in [0.4, 0.5) is 0 Å². The lowest BCUT2D eigenvalue weighted by Gasteiger charge is -2.11. The summed E-state index contributed by atoms with van der Waals surface area (Å²) < 4.78 is 5.39. The van der Waals surface area contributed by atoms with Gasteiger partial charge in [0, 0.05) is 0 Å². The molecule has 1 aliphatic rings. The average Bonchev–Trinajstić information content (AvgIpc) is 2.82. The van der Waals surface area contributed by atoms with Crippen LogP contribution in [0, 0.1) is 0 Å². The first-order valence-corrected chi connectivity index (χ1v) is 6.22. The molecule has 0 saturated carbocycles. The van der Waals surface area contributed by atoms with E-state index in [2.05, 4.69) is 25.2 Å². The standard InChI is InChI=1S/C14H19NO2/c1-10(2)11-5-3-6-12(9-11)17-14(16)13-7-4-8-15-13/h3,5-6,9-10,13,15H,4,7-8H2,1-2H3. The molecule has 1 atom stereocenters. The fourth-order valence-corrected chi connectivity index (χ4v) is 2.01. The zero-order valence-corrected chi connectivity index (χ0v) is 10.4. The highest BCUT2D eigenvalue weighted by molar-refractivity contribution is 5.78. The first kappa shape index (κ1) is 12.1. The molecule has 1 aromatic rings. The van der Waals surface area contributed by atoms with Gasteiger partial charge in [0.2, 0.25) is 0 Å². The molecule has 92 valence electrons. The average molecular weight is 233 g/mol. The van der Waals surface area contributed by atoms with E-state index >= 15 is 0 Å². The van der Waals surface area contributed by atoms with E-state index in [1.807, 2.05) is 18.2 Å². The van der Waals surface area contributed by atoms with Crippen molar-refractivity contribution in [2.75, 3.05) is 6.54 Å². The second-order valence-electron chi connectivity index (χ2n) is 4.80. The third kappa shape index (κ3) is 3.07. The molecular weight excluding hydrogens is 214 g/mol. The fraction of sp³-hybridized carbons (Fsp3) is 0.500. The minimum atomic E-state index is -0.164. The van der Waals surface area contributed by atoms with E-state index in [1.54, 1.807) is 0 Å².